The maximum Gasteiger partial charge on any atom is 0.268 e. The van der Waals surface area contributed by atoms with Gasteiger partial charge in [-0.3, -0.25) is 14.5 Å². The van der Waals surface area contributed by atoms with E-state index in [0.717, 1.165) is 10.5 Å². The van der Waals surface area contributed by atoms with Crippen LogP contribution in [0.5, 0.6) is 0 Å². The van der Waals surface area contributed by atoms with Crippen LogP contribution in [-0.2, 0) is 14.3 Å². The normalized spacial score (nSPS) is 14.5. The van der Waals surface area contributed by atoms with E-state index in [1.165, 1.54) is 16.7 Å². The highest BCUT2D eigenvalue weighted by molar-refractivity contribution is 8.04. The molecule has 0 radical (unpaired) electrons. The summed E-state index contributed by atoms with van der Waals surface area (Å²) in [6.45, 7) is 4.77. The zero-order valence-electron chi connectivity index (χ0n) is 15.9. The Labute approximate surface area is 174 Å². The van der Waals surface area contributed by atoms with Gasteiger partial charge < -0.3 is 4.74 Å². The van der Waals surface area contributed by atoms with Gasteiger partial charge in [-0.15, -0.1) is 0 Å². The van der Waals surface area contributed by atoms with E-state index in [0.29, 0.717) is 35.1 Å². The van der Waals surface area contributed by atoms with Crippen LogP contribution in [0, 0.1) is 0 Å². The van der Waals surface area contributed by atoms with E-state index in [-0.39, 0.29) is 17.9 Å². The number of benzene rings is 2. The topological polar surface area (TPSA) is 46.6 Å². The summed E-state index contributed by atoms with van der Waals surface area (Å²) < 4.78 is 5.54. The van der Waals surface area contributed by atoms with Gasteiger partial charge in [-0.05, 0) is 50.1 Å². The van der Waals surface area contributed by atoms with Crippen LogP contribution >= 0.6 is 23.4 Å². The summed E-state index contributed by atoms with van der Waals surface area (Å²) in [6, 6.07) is 16.6. The number of halogens is 1. The van der Waals surface area contributed by atoms with Crippen LogP contribution in [0.2, 0.25) is 5.02 Å². The van der Waals surface area contributed by atoms with Gasteiger partial charge in [0.1, 0.15) is 0 Å². The Kier molecular flexibility index (Phi) is 6.94. The number of carbonyl (C=O) groups excluding carboxylic acids is 2. The van der Waals surface area contributed by atoms with Crippen molar-refractivity contribution in [2.75, 3.05) is 13.2 Å². The second-order valence-electron chi connectivity index (χ2n) is 6.66. The van der Waals surface area contributed by atoms with Crippen LogP contribution in [0.15, 0.2) is 64.4 Å². The Balaban J connectivity index is 1.86. The van der Waals surface area contributed by atoms with E-state index in [1.807, 2.05) is 56.3 Å². The molecule has 0 fully saturated rings. The van der Waals surface area contributed by atoms with E-state index in [1.54, 1.807) is 12.1 Å². The Bertz CT molecular complexity index is 878. The highest BCUT2D eigenvalue weighted by Gasteiger charge is 2.39. The molecule has 1 aliphatic heterocycles. The molecule has 0 unspecified atom stereocenters. The summed E-state index contributed by atoms with van der Waals surface area (Å²) in [5.41, 5.74) is 1.20. The minimum absolute atomic E-state index is 0.124. The highest BCUT2D eigenvalue weighted by atomic mass is 35.5. The number of imide groups is 1. The molecule has 6 heteroatoms. The zero-order chi connectivity index (χ0) is 20.1. The standard InChI is InChI=1S/C22H22ClNO3S/c1-15(2)27-14-6-13-24-21(25)19(16-7-4-3-5-8-16)20(22(24)26)28-18-11-9-17(23)10-12-18/h3-5,7-12,15H,6,13-14H2,1-2H3. The van der Waals surface area contributed by atoms with Crippen molar-refractivity contribution >= 4 is 40.8 Å². The number of carbonyl (C=O) groups is 2. The Hall–Kier alpha value is -2.08. The molecule has 2 aromatic rings. The van der Waals surface area contributed by atoms with E-state index in [9.17, 15) is 9.59 Å². The molecule has 2 amide bonds. The van der Waals surface area contributed by atoms with Crippen molar-refractivity contribution in [3.8, 4) is 0 Å². The number of hydrogen-bond acceptors (Lipinski definition) is 4. The summed E-state index contributed by atoms with van der Waals surface area (Å²) in [7, 11) is 0. The minimum atomic E-state index is -0.256. The third-order valence-electron chi connectivity index (χ3n) is 4.20. The molecule has 1 aliphatic rings. The minimum Gasteiger partial charge on any atom is -0.379 e. The fourth-order valence-electron chi connectivity index (χ4n) is 2.87. The van der Waals surface area contributed by atoms with Gasteiger partial charge in [0, 0.05) is 23.1 Å². The van der Waals surface area contributed by atoms with E-state index in [2.05, 4.69) is 0 Å². The second-order valence-corrected chi connectivity index (χ2v) is 8.18. The van der Waals surface area contributed by atoms with E-state index >= 15 is 0 Å². The number of thioether (sulfide) groups is 1. The largest absolute Gasteiger partial charge is 0.379 e. The van der Waals surface area contributed by atoms with Crippen LogP contribution in [0.25, 0.3) is 5.57 Å². The number of ether oxygens (including phenoxy) is 1. The van der Waals surface area contributed by atoms with Gasteiger partial charge in [0.25, 0.3) is 11.8 Å². The molecule has 0 aliphatic carbocycles. The van der Waals surface area contributed by atoms with E-state index < -0.39 is 0 Å². The van der Waals surface area contributed by atoms with Crippen molar-refractivity contribution in [3.05, 3.63) is 70.1 Å². The number of amides is 2. The fourth-order valence-corrected chi connectivity index (χ4v) is 4.01. The predicted molar refractivity (Wildman–Crippen MR) is 113 cm³/mol. The summed E-state index contributed by atoms with van der Waals surface area (Å²) in [4.78, 5) is 28.8. The molecule has 0 atom stereocenters. The molecule has 0 bridgehead atoms. The summed E-state index contributed by atoms with van der Waals surface area (Å²) in [5, 5.41) is 0.627. The van der Waals surface area contributed by atoms with Crippen molar-refractivity contribution in [1.82, 2.24) is 4.90 Å². The van der Waals surface area contributed by atoms with Gasteiger partial charge in [-0.1, -0.05) is 53.7 Å². The summed E-state index contributed by atoms with van der Waals surface area (Å²) in [5.74, 6) is -0.509. The van der Waals surface area contributed by atoms with Crippen LogP contribution in [-0.4, -0.2) is 36.0 Å². The number of nitrogens with zero attached hydrogens (tertiary/aromatic N) is 1. The van der Waals surface area contributed by atoms with Gasteiger partial charge in [0.05, 0.1) is 16.6 Å². The third kappa shape index (κ3) is 4.85. The molecule has 0 saturated carbocycles. The van der Waals surface area contributed by atoms with Crippen LogP contribution in [0.1, 0.15) is 25.8 Å². The number of hydrogen-bond donors (Lipinski definition) is 0. The lowest BCUT2D eigenvalue weighted by molar-refractivity contribution is -0.136. The maximum atomic E-state index is 13.1. The molecule has 0 N–H and O–H groups in total. The van der Waals surface area contributed by atoms with Crippen molar-refractivity contribution in [2.45, 2.75) is 31.3 Å². The van der Waals surface area contributed by atoms with Gasteiger partial charge in [0.15, 0.2) is 0 Å². The maximum absolute atomic E-state index is 13.1. The first-order chi connectivity index (χ1) is 13.5. The Morgan fingerprint density at radius 1 is 1.00 bits per heavy atom. The van der Waals surface area contributed by atoms with Crippen molar-refractivity contribution in [1.29, 1.82) is 0 Å². The number of rotatable bonds is 8. The van der Waals surface area contributed by atoms with Crippen LogP contribution < -0.4 is 0 Å². The van der Waals surface area contributed by atoms with E-state index in [4.69, 9.17) is 16.3 Å². The van der Waals surface area contributed by atoms with Crippen molar-refractivity contribution < 1.29 is 14.3 Å². The van der Waals surface area contributed by atoms with Crippen molar-refractivity contribution in [3.63, 3.8) is 0 Å². The lowest BCUT2D eigenvalue weighted by Crippen LogP contribution is -2.33. The SMILES string of the molecule is CC(C)OCCCN1C(=O)C(Sc2ccc(Cl)cc2)=C(c2ccccc2)C1=O. The molecular formula is C22H22ClNO3S. The Morgan fingerprint density at radius 3 is 2.32 bits per heavy atom. The van der Waals surface area contributed by atoms with Gasteiger partial charge >= 0.3 is 0 Å². The van der Waals surface area contributed by atoms with Gasteiger partial charge in [-0.25, -0.2) is 0 Å². The Morgan fingerprint density at radius 2 is 1.68 bits per heavy atom. The molecule has 3 rings (SSSR count). The van der Waals surface area contributed by atoms with Gasteiger partial charge in [-0.2, -0.15) is 0 Å². The molecule has 0 spiro atoms. The molecule has 0 saturated heterocycles. The average Bonchev–Trinajstić information content (AvgIpc) is 2.91. The quantitative estimate of drug-likeness (QED) is 0.448. The lowest BCUT2D eigenvalue weighted by Gasteiger charge is -2.15. The molecule has 4 nitrogen and oxygen atoms in total. The fraction of sp³-hybridized carbons (Fsp3) is 0.273. The third-order valence-corrected chi connectivity index (χ3v) is 5.54. The molecule has 28 heavy (non-hydrogen) atoms. The van der Waals surface area contributed by atoms with Gasteiger partial charge in [0.2, 0.25) is 0 Å². The molecule has 146 valence electrons. The molecule has 1 heterocycles. The monoisotopic (exact) mass is 415 g/mol. The van der Waals surface area contributed by atoms with Crippen LogP contribution in [0.4, 0.5) is 0 Å². The second kappa shape index (κ2) is 9.41. The summed E-state index contributed by atoms with van der Waals surface area (Å²) in [6.07, 6.45) is 0.732. The van der Waals surface area contributed by atoms with Crippen LogP contribution in [0.3, 0.4) is 0 Å². The first-order valence-electron chi connectivity index (χ1n) is 9.18. The van der Waals surface area contributed by atoms with Crippen molar-refractivity contribution in [2.24, 2.45) is 0 Å². The molecular weight excluding hydrogens is 394 g/mol. The first kappa shape index (κ1) is 20.6. The first-order valence-corrected chi connectivity index (χ1v) is 10.4. The zero-order valence-corrected chi connectivity index (χ0v) is 17.4. The summed E-state index contributed by atoms with van der Waals surface area (Å²) >= 11 is 7.26. The average molecular weight is 416 g/mol. The lowest BCUT2D eigenvalue weighted by atomic mass is 10.1. The smallest absolute Gasteiger partial charge is 0.268 e. The highest BCUT2D eigenvalue weighted by Crippen LogP contribution is 2.39. The molecule has 2 aromatic carbocycles. The predicted octanol–water partition coefficient (Wildman–Crippen LogP) is 5.03. The molecule has 0 aromatic heterocycles.